The van der Waals surface area contributed by atoms with Gasteiger partial charge in [-0.1, -0.05) is 84.9 Å². The van der Waals surface area contributed by atoms with Crippen LogP contribution in [0.5, 0.6) is 0 Å². The van der Waals surface area contributed by atoms with Crippen molar-refractivity contribution >= 4 is 33.0 Å². The second kappa shape index (κ2) is 9.62. The van der Waals surface area contributed by atoms with Crippen molar-refractivity contribution in [2.75, 3.05) is 0 Å². The summed E-state index contributed by atoms with van der Waals surface area (Å²) in [5.41, 5.74) is 10.8. The van der Waals surface area contributed by atoms with Gasteiger partial charge < -0.3 is 4.42 Å². The summed E-state index contributed by atoms with van der Waals surface area (Å²) >= 11 is 0. The van der Waals surface area contributed by atoms with Crippen molar-refractivity contribution < 1.29 is 4.42 Å². The lowest BCUT2D eigenvalue weighted by atomic mass is 9.96. The van der Waals surface area contributed by atoms with E-state index in [9.17, 15) is 5.26 Å². The van der Waals surface area contributed by atoms with Gasteiger partial charge in [0.15, 0.2) is 0 Å². The molecule has 0 saturated carbocycles. The zero-order valence-corrected chi connectivity index (χ0v) is 22.5. The van der Waals surface area contributed by atoms with Crippen LogP contribution in [0.15, 0.2) is 144 Å². The zero-order valence-electron chi connectivity index (χ0n) is 22.5. The Morgan fingerprint density at radius 3 is 2.21 bits per heavy atom. The number of nitriles is 1. The molecule has 6 aromatic carbocycles. The molecule has 8 aromatic rings. The van der Waals surface area contributed by atoms with Gasteiger partial charge in [-0.15, -0.1) is 0 Å². The van der Waals surface area contributed by atoms with Crippen LogP contribution in [0, 0.1) is 11.3 Å². The van der Waals surface area contributed by atoms with E-state index in [1.54, 1.807) is 0 Å². The van der Waals surface area contributed by atoms with Crippen molar-refractivity contribution in [1.29, 1.82) is 5.26 Å². The molecular weight excluding hydrogens is 514 g/mol. The molecule has 2 aromatic heterocycles. The lowest BCUT2D eigenvalue weighted by molar-refractivity contribution is 0.669. The molecule has 0 radical (unpaired) electrons. The number of para-hydroxylation sites is 3. The first-order valence-electron chi connectivity index (χ1n) is 13.9. The third kappa shape index (κ3) is 3.88. The van der Waals surface area contributed by atoms with E-state index in [0.717, 1.165) is 72.3 Å². The lowest BCUT2D eigenvalue weighted by Crippen LogP contribution is -1.97. The third-order valence-corrected chi connectivity index (χ3v) is 7.85. The molecule has 0 aliphatic heterocycles. The number of benzene rings is 6. The summed E-state index contributed by atoms with van der Waals surface area (Å²) in [5, 5.41) is 11.5. The van der Waals surface area contributed by atoms with Gasteiger partial charge in [-0.25, -0.2) is 4.98 Å². The minimum atomic E-state index is 0.638. The molecule has 0 aliphatic carbocycles. The Morgan fingerprint density at radius 1 is 0.595 bits per heavy atom. The third-order valence-electron chi connectivity index (χ3n) is 7.85. The number of furan rings is 1. The van der Waals surface area contributed by atoms with E-state index in [-0.39, 0.29) is 0 Å². The standard InChI is InChI=1S/C38H23N3O/c39-24-25-8-6-9-29(22-25)31-12-7-15-36-37(31)32-23-28(20-21-35(32)42-36)26-16-18-27(19-17-26)38-40-33-13-4-5-14-34(33)41(38)30-10-2-1-3-11-30/h1-23H. The first-order valence-corrected chi connectivity index (χ1v) is 13.9. The van der Waals surface area contributed by atoms with E-state index in [2.05, 4.69) is 95.6 Å². The minimum absolute atomic E-state index is 0.638. The van der Waals surface area contributed by atoms with E-state index in [1.807, 2.05) is 54.6 Å². The number of imidazole rings is 1. The first kappa shape index (κ1) is 23.9. The highest BCUT2D eigenvalue weighted by molar-refractivity contribution is 6.13. The molecule has 0 amide bonds. The zero-order chi connectivity index (χ0) is 28.0. The highest BCUT2D eigenvalue weighted by Crippen LogP contribution is 2.39. The largest absolute Gasteiger partial charge is 0.456 e. The first-order chi connectivity index (χ1) is 20.8. The molecule has 0 N–H and O–H groups in total. The molecule has 4 nitrogen and oxygen atoms in total. The molecule has 2 heterocycles. The fourth-order valence-electron chi connectivity index (χ4n) is 5.87. The van der Waals surface area contributed by atoms with Gasteiger partial charge in [-0.3, -0.25) is 4.57 Å². The van der Waals surface area contributed by atoms with Gasteiger partial charge in [0.2, 0.25) is 0 Å². The van der Waals surface area contributed by atoms with E-state index in [4.69, 9.17) is 9.40 Å². The maximum Gasteiger partial charge on any atom is 0.145 e. The highest BCUT2D eigenvalue weighted by Gasteiger charge is 2.16. The summed E-state index contributed by atoms with van der Waals surface area (Å²) < 4.78 is 8.47. The monoisotopic (exact) mass is 537 g/mol. The molecular formula is C38H23N3O. The maximum absolute atomic E-state index is 9.44. The van der Waals surface area contributed by atoms with Crippen LogP contribution in [0.2, 0.25) is 0 Å². The molecule has 42 heavy (non-hydrogen) atoms. The van der Waals surface area contributed by atoms with Gasteiger partial charge in [0.1, 0.15) is 17.0 Å². The van der Waals surface area contributed by atoms with E-state index < -0.39 is 0 Å². The Balaban J connectivity index is 1.24. The Kier molecular flexibility index (Phi) is 5.48. The number of hydrogen-bond donors (Lipinski definition) is 0. The summed E-state index contributed by atoms with van der Waals surface area (Å²) in [5.74, 6) is 0.912. The van der Waals surface area contributed by atoms with Gasteiger partial charge in [0, 0.05) is 22.0 Å². The quantitative estimate of drug-likeness (QED) is 0.224. The molecule has 0 aliphatic rings. The van der Waals surface area contributed by atoms with Crippen LogP contribution in [-0.2, 0) is 0 Å². The number of hydrogen-bond acceptors (Lipinski definition) is 3. The molecule has 0 spiro atoms. The molecule has 0 bridgehead atoms. The van der Waals surface area contributed by atoms with Crippen LogP contribution in [-0.4, -0.2) is 9.55 Å². The van der Waals surface area contributed by atoms with Crippen LogP contribution in [0.1, 0.15) is 5.56 Å². The molecule has 0 unspecified atom stereocenters. The van der Waals surface area contributed by atoms with Crippen molar-refractivity contribution in [2.24, 2.45) is 0 Å². The molecule has 0 fully saturated rings. The van der Waals surface area contributed by atoms with Gasteiger partial charge in [0.25, 0.3) is 0 Å². The van der Waals surface area contributed by atoms with E-state index in [0.29, 0.717) is 5.56 Å². The molecule has 196 valence electrons. The predicted octanol–water partition coefficient (Wildman–Crippen LogP) is 9.80. The molecule has 0 atom stereocenters. The molecule has 4 heteroatoms. The summed E-state index contributed by atoms with van der Waals surface area (Å²) in [4.78, 5) is 5.01. The smallest absolute Gasteiger partial charge is 0.145 e. The number of fused-ring (bicyclic) bond motifs is 4. The fraction of sp³-hybridized carbons (Fsp3) is 0. The van der Waals surface area contributed by atoms with Crippen molar-refractivity contribution in [3.8, 4) is 45.4 Å². The Hall–Kier alpha value is -5.92. The van der Waals surface area contributed by atoms with Gasteiger partial charge in [-0.05, 0) is 76.9 Å². The van der Waals surface area contributed by atoms with Gasteiger partial charge in [0.05, 0.1) is 22.7 Å². The van der Waals surface area contributed by atoms with Crippen molar-refractivity contribution in [1.82, 2.24) is 9.55 Å². The lowest BCUT2D eigenvalue weighted by Gasteiger charge is -2.10. The predicted molar refractivity (Wildman–Crippen MR) is 169 cm³/mol. The molecule has 8 rings (SSSR count). The second-order valence-corrected chi connectivity index (χ2v) is 10.4. The Bertz CT molecular complexity index is 2300. The highest BCUT2D eigenvalue weighted by atomic mass is 16.3. The Morgan fingerprint density at radius 2 is 1.36 bits per heavy atom. The maximum atomic E-state index is 9.44. The van der Waals surface area contributed by atoms with Crippen LogP contribution in [0.3, 0.4) is 0 Å². The average Bonchev–Trinajstić information content (AvgIpc) is 3.64. The van der Waals surface area contributed by atoms with Crippen molar-refractivity contribution in [3.05, 3.63) is 145 Å². The van der Waals surface area contributed by atoms with E-state index in [1.165, 1.54) is 0 Å². The average molecular weight is 538 g/mol. The minimum Gasteiger partial charge on any atom is -0.456 e. The fourth-order valence-corrected chi connectivity index (χ4v) is 5.87. The summed E-state index contributed by atoms with van der Waals surface area (Å²) in [7, 11) is 0. The van der Waals surface area contributed by atoms with Crippen LogP contribution >= 0.6 is 0 Å². The SMILES string of the molecule is N#Cc1cccc(-c2cccc3oc4ccc(-c5ccc(-c6nc7ccccc7n6-c6ccccc6)cc5)cc4c23)c1. The van der Waals surface area contributed by atoms with Crippen molar-refractivity contribution in [2.45, 2.75) is 0 Å². The van der Waals surface area contributed by atoms with Gasteiger partial charge >= 0.3 is 0 Å². The van der Waals surface area contributed by atoms with Crippen LogP contribution in [0.25, 0.3) is 72.3 Å². The summed E-state index contributed by atoms with van der Waals surface area (Å²) in [6.45, 7) is 0. The Labute approximate surface area is 242 Å². The normalized spacial score (nSPS) is 11.3. The molecule has 0 saturated heterocycles. The van der Waals surface area contributed by atoms with Gasteiger partial charge in [-0.2, -0.15) is 5.26 Å². The van der Waals surface area contributed by atoms with Crippen LogP contribution in [0.4, 0.5) is 0 Å². The number of aromatic nitrogens is 2. The topological polar surface area (TPSA) is 54.8 Å². The number of rotatable bonds is 4. The number of nitrogens with zero attached hydrogens (tertiary/aromatic N) is 3. The summed E-state index contributed by atoms with van der Waals surface area (Å²) in [6.07, 6.45) is 0. The van der Waals surface area contributed by atoms with E-state index >= 15 is 0 Å². The van der Waals surface area contributed by atoms with Crippen LogP contribution < -0.4 is 0 Å². The second-order valence-electron chi connectivity index (χ2n) is 10.4. The summed E-state index contributed by atoms with van der Waals surface area (Å²) in [6, 6.07) is 49.6. The van der Waals surface area contributed by atoms with Crippen molar-refractivity contribution in [3.63, 3.8) is 0 Å².